The Morgan fingerprint density at radius 2 is 1.85 bits per heavy atom. The van der Waals surface area contributed by atoms with E-state index in [4.69, 9.17) is 0 Å². The van der Waals surface area contributed by atoms with Crippen LogP contribution in [-0.4, -0.2) is 33.5 Å². The molecular weight excluding hydrogens is 350 g/mol. The third-order valence-corrected chi connectivity index (χ3v) is 6.43. The highest BCUT2D eigenvalue weighted by Gasteiger charge is 2.26. The predicted octanol–water partition coefficient (Wildman–Crippen LogP) is 2.65. The normalized spacial score (nSPS) is 17.7. The van der Waals surface area contributed by atoms with Crippen molar-refractivity contribution in [3.05, 3.63) is 23.8 Å². The van der Waals surface area contributed by atoms with Crippen molar-refractivity contribution in [2.24, 2.45) is 11.3 Å². The highest BCUT2D eigenvalue weighted by atomic mass is 32.2. The van der Waals surface area contributed by atoms with Gasteiger partial charge in [-0.05, 0) is 69.5 Å². The van der Waals surface area contributed by atoms with Crippen LogP contribution in [0.5, 0.6) is 0 Å². The van der Waals surface area contributed by atoms with Gasteiger partial charge in [-0.1, -0.05) is 20.8 Å². The number of piperidine rings is 1. The third kappa shape index (κ3) is 5.28. The van der Waals surface area contributed by atoms with Crippen LogP contribution in [0, 0.1) is 18.3 Å². The number of carbonyl (C=O) groups is 1. The molecule has 1 amide bonds. The van der Waals surface area contributed by atoms with Crippen LogP contribution in [0.4, 0.5) is 5.69 Å². The van der Waals surface area contributed by atoms with Crippen LogP contribution in [-0.2, 0) is 14.8 Å². The van der Waals surface area contributed by atoms with Crippen molar-refractivity contribution in [2.75, 3.05) is 18.4 Å². The number of aryl methyl sites for hydroxylation is 1. The second-order valence-electron chi connectivity index (χ2n) is 8.18. The lowest BCUT2D eigenvalue weighted by molar-refractivity contribution is -0.123. The Bertz CT molecular complexity index is 748. The number of amides is 1. The number of anilines is 1. The molecule has 1 fully saturated rings. The first-order chi connectivity index (χ1) is 12.0. The van der Waals surface area contributed by atoms with Gasteiger partial charge < -0.3 is 10.6 Å². The van der Waals surface area contributed by atoms with E-state index >= 15 is 0 Å². The second-order valence-corrected chi connectivity index (χ2v) is 9.89. The zero-order chi connectivity index (χ0) is 19.5. The quantitative estimate of drug-likeness (QED) is 0.732. The summed E-state index contributed by atoms with van der Waals surface area (Å²) in [5, 5.41) is 6.15. The molecule has 6 nitrogen and oxygen atoms in total. The first-order valence-electron chi connectivity index (χ1n) is 9.16. The number of rotatable bonds is 5. The Labute approximate surface area is 157 Å². The molecule has 0 aliphatic carbocycles. The van der Waals surface area contributed by atoms with Crippen LogP contribution in [0.2, 0.25) is 0 Å². The molecule has 0 bridgehead atoms. The zero-order valence-electron chi connectivity index (χ0n) is 16.3. The van der Waals surface area contributed by atoms with Crippen molar-refractivity contribution in [3.8, 4) is 0 Å². The highest BCUT2D eigenvalue weighted by molar-refractivity contribution is 7.89. The van der Waals surface area contributed by atoms with Crippen LogP contribution in [0.3, 0.4) is 0 Å². The fourth-order valence-electron chi connectivity index (χ4n) is 3.01. The summed E-state index contributed by atoms with van der Waals surface area (Å²) in [6, 6.07) is 4.70. The lowest BCUT2D eigenvalue weighted by Crippen LogP contribution is -2.42. The summed E-state index contributed by atoms with van der Waals surface area (Å²) < 4.78 is 28.2. The van der Waals surface area contributed by atoms with Crippen LogP contribution < -0.4 is 15.4 Å². The monoisotopic (exact) mass is 381 g/mol. The molecule has 0 saturated carbocycles. The van der Waals surface area contributed by atoms with E-state index in [2.05, 4.69) is 15.4 Å². The molecule has 1 aliphatic heterocycles. The number of nitrogens with one attached hydrogen (secondary N) is 3. The Morgan fingerprint density at radius 3 is 2.38 bits per heavy atom. The summed E-state index contributed by atoms with van der Waals surface area (Å²) in [5.74, 6) is 0.242. The minimum absolute atomic E-state index is 0.103. The summed E-state index contributed by atoms with van der Waals surface area (Å²) in [4.78, 5) is 12.4. The van der Waals surface area contributed by atoms with Crippen molar-refractivity contribution < 1.29 is 13.2 Å². The molecule has 7 heteroatoms. The molecule has 1 unspecified atom stereocenters. The molecule has 26 heavy (non-hydrogen) atoms. The van der Waals surface area contributed by atoms with Crippen LogP contribution in [0.1, 0.15) is 46.1 Å². The second kappa shape index (κ2) is 8.06. The minimum Gasteiger partial charge on any atom is -0.325 e. The molecule has 1 aromatic rings. The predicted molar refractivity (Wildman–Crippen MR) is 105 cm³/mol. The van der Waals surface area contributed by atoms with Gasteiger partial charge in [-0.25, -0.2) is 13.1 Å². The summed E-state index contributed by atoms with van der Waals surface area (Å²) in [5.41, 5.74) is 0.846. The molecular formula is C19H31N3O3S. The van der Waals surface area contributed by atoms with E-state index in [0.29, 0.717) is 11.6 Å². The number of hydrogen-bond acceptors (Lipinski definition) is 4. The zero-order valence-corrected chi connectivity index (χ0v) is 17.2. The maximum Gasteiger partial charge on any atom is 0.240 e. The maximum atomic E-state index is 12.7. The summed E-state index contributed by atoms with van der Waals surface area (Å²) in [7, 11) is -3.59. The standard InChI is InChI=1S/C19H31N3O3S/c1-13-12-16(6-7-17(13)21-18(23)19(3,4)5)26(24,25)22-14(2)15-8-10-20-11-9-15/h6-7,12,14-15,20,22H,8-11H2,1-5H3,(H,21,23). The minimum atomic E-state index is -3.59. The first kappa shape index (κ1) is 20.9. The fourth-order valence-corrected chi connectivity index (χ4v) is 4.40. The Balaban J connectivity index is 2.12. The molecule has 0 spiro atoms. The molecule has 0 radical (unpaired) electrons. The van der Waals surface area contributed by atoms with Crippen molar-refractivity contribution in [3.63, 3.8) is 0 Å². The maximum absolute atomic E-state index is 12.7. The third-order valence-electron chi connectivity index (χ3n) is 4.87. The van der Waals surface area contributed by atoms with E-state index in [1.54, 1.807) is 25.1 Å². The van der Waals surface area contributed by atoms with Crippen molar-refractivity contribution in [1.29, 1.82) is 0 Å². The molecule has 1 saturated heterocycles. The van der Waals surface area contributed by atoms with E-state index in [1.165, 1.54) is 0 Å². The van der Waals surface area contributed by atoms with Gasteiger partial charge >= 0.3 is 0 Å². The number of benzene rings is 1. The van der Waals surface area contributed by atoms with E-state index in [0.717, 1.165) is 31.5 Å². The number of hydrogen-bond donors (Lipinski definition) is 3. The lowest BCUT2D eigenvalue weighted by Gasteiger charge is -2.28. The average molecular weight is 382 g/mol. The van der Waals surface area contributed by atoms with Gasteiger partial charge in [0.05, 0.1) is 4.90 Å². The summed E-state index contributed by atoms with van der Waals surface area (Å²) in [6.45, 7) is 11.1. The molecule has 1 aliphatic rings. The smallest absolute Gasteiger partial charge is 0.240 e. The molecule has 0 aromatic heterocycles. The summed E-state index contributed by atoms with van der Waals surface area (Å²) >= 11 is 0. The molecule has 146 valence electrons. The summed E-state index contributed by atoms with van der Waals surface area (Å²) in [6.07, 6.45) is 1.95. The molecule has 1 atom stereocenters. The topological polar surface area (TPSA) is 87.3 Å². The van der Waals surface area contributed by atoms with Crippen LogP contribution >= 0.6 is 0 Å². The van der Waals surface area contributed by atoms with Gasteiger partial charge in [0.2, 0.25) is 15.9 Å². The van der Waals surface area contributed by atoms with E-state index in [9.17, 15) is 13.2 Å². The Morgan fingerprint density at radius 1 is 1.23 bits per heavy atom. The highest BCUT2D eigenvalue weighted by Crippen LogP contribution is 2.24. The van der Waals surface area contributed by atoms with Crippen LogP contribution in [0.25, 0.3) is 0 Å². The van der Waals surface area contributed by atoms with Gasteiger partial charge in [0.1, 0.15) is 0 Å². The Hall–Kier alpha value is -1.44. The number of carbonyl (C=O) groups excluding carboxylic acids is 1. The van der Waals surface area contributed by atoms with Gasteiger partial charge in [-0.3, -0.25) is 4.79 Å². The van der Waals surface area contributed by atoms with E-state index in [-0.39, 0.29) is 16.8 Å². The van der Waals surface area contributed by atoms with Crippen molar-refractivity contribution >= 4 is 21.6 Å². The van der Waals surface area contributed by atoms with Gasteiger partial charge in [0, 0.05) is 17.1 Å². The van der Waals surface area contributed by atoms with E-state index in [1.807, 2.05) is 27.7 Å². The van der Waals surface area contributed by atoms with Gasteiger partial charge in [0.15, 0.2) is 0 Å². The van der Waals surface area contributed by atoms with Gasteiger partial charge in [0.25, 0.3) is 0 Å². The average Bonchev–Trinajstić information content (AvgIpc) is 2.56. The Kier molecular flexibility index (Phi) is 6.47. The molecule has 1 heterocycles. The molecule has 3 N–H and O–H groups in total. The van der Waals surface area contributed by atoms with E-state index < -0.39 is 15.4 Å². The first-order valence-corrected chi connectivity index (χ1v) is 10.6. The van der Waals surface area contributed by atoms with Crippen molar-refractivity contribution in [2.45, 2.75) is 58.4 Å². The van der Waals surface area contributed by atoms with Gasteiger partial charge in [-0.15, -0.1) is 0 Å². The van der Waals surface area contributed by atoms with Gasteiger partial charge in [-0.2, -0.15) is 0 Å². The molecule has 2 rings (SSSR count). The van der Waals surface area contributed by atoms with Crippen LogP contribution in [0.15, 0.2) is 23.1 Å². The number of sulfonamides is 1. The lowest BCUT2D eigenvalue weighted by atomic mass is 9.92. The largest absolute Gasteiger partial charge is 0.325 e. The SMILES string of the molecule is Cc1cc(S(=O)(=O)NC(C)C2CCNCC2)ccc1NC(=O)C(C)(C)C. The van der Waals surface area contributed by atoms with Crippen molar-refractivity contribution in [1.82, 2.24) is 10.0 Å². The molecule has 1 aromatic carbocycles. The fraction of sp³-hybridized carbons (Fsp3) is 0.632.